The lowest BCUT2D eigenvalue weighted by Crippen LogP contribution is -2.00. The molecule has 8 heteroatoms. The van der Waals surface area contributed by atoms with Gasteiger partial charge in [0.2, 0.25) is 9.05 Å². The highest BCUT2D eigenvalue weighted by atomic mass is 35.7. The Labute approximate surface area is 86.7 Å². The van der Waals surface area contributed by atoms with E-state index in [9.17, 15) is 21.6 Å². The Bertz CT molecular complexity index is 421. The van der Waals surface area contributed by atoms with Crippen molar-refractivity contribution in [2.45, 2.75) is 11.9 Å². The fourth-order valence-corrected chi connectivity index (χ4v) is 3.13. The molecular formula is C6H4ClF3O2S2. The summed E-state index contributed by atoms with van der Waals surface area (Å²) in [5.41, 5.74) is 0. The molecule has 0 atom stereocenters. The van der Waals surface area contributed by atoms with Crippen LogP contribution in [0, 0.1) is 0 Å². The first kappa shape index (κ1) is 11.8. The zero-order valence-electron chi connectivity index (χ0n) is 6.51. The Morgan fingerprint density at radius 1 is 1.36 bits per heavy atom. The van der Waals surface area contributed by atoms with Crippen LogP contribution >= 0.6 is 22.0 Å². The van der Waals surface area contributed by atoms with Crippen LogP contribution in [0.1, 0.15) is 9.75 Å². The minimum atomic E-state index is -4.43. The van der Waals surface area contributed by atoms with Crippen molar-refractivity contribution in [2.75, 3.05) is 0 Å². The van der Waals surface area contributed by atoms with Gasteiger partial charge in [-0.25, -0.2) is 8.42 Å². The fraction of sp³-hybridized carbons (Fsp3) is 0.333. The van der Waals surface area contributed by atoms with Gasteiger partial charge in [0.05, 0.1) is 5.75 Å². The topological polar surface area (TPSA) is 34.1 Å². The van der Waals surface area contributed by atoms with Crippen molar-refractivity contribution >= 4 is 31.1 Å². The van der Waals surface area contributed by atoms with Crippen LogP contribution < -0.4 is 0 Å². The van der Waals surface area contributed by atoms with E-state index in [1.807, 2.05) is 0 Å². The summed E-state index contributed by atoms with van der Waals surface area (Å²) in [5, 5.41) is 0. The molecule has 0 saturated carbocycles. The lowest BCUT2D eigenvalue weighted by atomic mass is 10.4. The van der Waals surface area contributed by atoms with Crippen LogP contribution in [0.25, 0.3) is 0 Å². The summed E-state index contributed by atoms with van der Waals surface area (Å²) in [6, 6.07) is 1.94. The Hall–Kier alpha value is -0.270. The van der Waals surface area contributed by atoms with Crippen molar-refractivity contribution in [2.24, 2.45) is 0 Å². The maximum atomic E-state index is 12.1. The number of thiophene rings is 1. The summed E-state index contributed by atoms with van der Waals surface area (Å²) >= 11 is 0.378. The third-order valence-electron chi connectivity index (χ3n) is 1.26. The maximum Gasteiger partial charge on any atom is 0.425 e. The lowest BCUT2D eigenvalue weighted by Gasteiger charge is -2.00. The molecule has 0 amide bonds. The molecule has 0 aliphatic carbocycles. The van der Waals surface area contributed by atoms with Gasteiger partial charge in [-0.15, -0.1) is 11.3 Å². The molecule has 0 aliphatic heterocycles. The average Bonchev–Trinajstić information content (AvgIpc) is 2.29. The molecule has 0 aliphatic rings. The minimum Gasteiger partial charge on any atom is -0.212 e. The monoisotopic (exact) mass is 264 g/mol. The summed E-state index contributed by atoms with van der Waals surface area (Å²) in [4.78, 5) is -0.750. The van der Waals surface area contributed by atoms with Crippen molar-refractivity contribution in [3.8, 4) is 0 Å². The van der Waals surface area contributed by atoms with Gasteiger partial charge in [0, 0.05) is 15.6 Å². The average molecular weight is 265 g/mol. The molecule has 0 radical (unpaired) electrons. The Morgan fingerprint density at radius 3 is 2.29 bits per heavy atom. The molecule has 0 saturated heterocycles. The molecule has 1 aromatic rings. The molecule has 2 nitrogen and oxygen atoms in total. The quantitative estimate of drug-likeness (QED) is 0.770. The Morgan fingerprint density at radius 2 is 1.93 bits per heavy atom. The molecular weight excluding hydrogens is 261 g/mol. The van der Waals surface area contributed by atoms with Gasteiger partial charge in [-0.2, -0.15) is 13.2 Å². The maximum absolute atomic E-state index is 12.1. The van der Waals surface area contributed by atoms with Crippen molar-refractivity contribution < 1.29 is 21.6 Å². The van der Waals surface area contributed by atoms with Crippen molar-refractivity contribution in [1.29, 1.82) is 0 Å². The zero-order valence-corrected chi connectivity index (χ0v) is 8.90. The molecule has 0 bridgehead atoms. The van der Waals surface area contributed by atoms with E-state index in [-0.39, 0.29) is 4.88 Å². The highest BCUT2D eigenvalue weighted by Gasteiger charge is 2.32. The summed E-state index contributed by atoms with van der Waals surface area (Å²) in [7, 11) is 1.09. The molecule has 0 unspecified atom stereocenters. The predicted molar refractivity (Wildman–Crippen MR) is 47.8 cm³/mol. The van der Waals surface area contributed by atoms with Crippen LogP contribution in [-0.4, -0.2) is 8.42 Å². The number of hydrogen-bond donors (Lipinski definition) is 0. The van der Waals surface area contributed by atoms with Gasteiger partial charge in [0.25, 0.3) is 0 Å². The largest absolute Gasteiger partial charge is 0.425 e. The second kappa shape index (κ2) is 3.71. The van der Waals surface area contributed by atoms with Crippen molar-refractivity contribution in [3.63, 3.8) is 0 Å². The van der Waals surface area contributed by atoms with E-state index in [1.54, 1.807) is 0 Å². The summed E-state index contributed by atoms with van der Waals surface area (Å²) < 4.78 is 57.3. The second-order valence-corrected chi connectivity index (χ2v) is 6.39. The zero-order chi connectivity index (χ0) is 11.0. The molecule has 1 rings (SSSR count). The molecule has 0 spiro atoms. The highest BCUT2D eigenvalue weighted by Crippen LogP contribution is 2.35. The van der Waals surface area contributed by atoms with E-state index in [4.69, 9.17) is 10.7 Å². The number of alkyl halides is 3. The standard InChI is InChI=1S/C6H4ClF3O2S2/c7-14(11,12)3-4-1-2-5(13-4)6(8,9)10/h1-2H,3H2. The summed E-state index contributed by atoms with van der Waals surface area (Å²) in [6.07, 6.45) is -4.43. The number of halogens is 4. The first-order valence-electron chi connectivity index (χ1n) is 3.27. The van der Waals surface area contributed by atoms with E-state index in [1.165, 1.54) is 0 Å². The van der Waals surface area contributed by atoms with Crippen molar-refractivity contribution in [3.05, 3.63) is 21.9 Å². The van der Waals surface area contributed by atoms with Crippen LogP contribution in [0.3, 0.4) is 0 Å². The third kappa shape index (κ3) is 3.47. The van der Waals surface area contributed by atoms with E-state index in [0.717, 1.165) is 12.1 Å². The molecule has 14 heavy (non-hydrogen) atoms. The van der Waals surface area contributed by atoms with E-state index < -0.39 is 25.9 Å². The first-order chi connectivity index (χ1) is 6.18. The lowest BCUT2D eigenvalue weighted by molar-refractivity contribution is -0.134. The molecule has 0 aromatic carbocycles. The summed E-state index contributed by atoms with van der Waals surface area (Å²) in [5.74, 6) is -0.574. The van der Waals surface area contributed by atoms with Gasteiger partial charge in [-0.1, -0.05) is 0 Å². The molecule has 0 N–H and O–H groups in total. The smallest absolute Gasteiger partial charge is 0.212 e. The number of hydrogen-bond acceptors (Lipinski definition) is 3. The van der Waals surface area contributed by atoms with Gasteiger partial charge < -0.3 is 0 Å². The predicted octanol–water partition coefficient (Wildman–Crippen LogP) is 2.84. The van der Waals surface area contributed by atoms with Crippen LogP contribution in [0.4, 0.5) is 13.2 Å². The second-order valence-electron chi connectivity index (χ2n) is 2.45. The van der Waals surface area contributed by atoms with Crippen LogP contribution in [0.2, 0.25) is 0 Å². The van der Waals surface area contributed by atoms with E-state index in [0.29, 0.717) is 11.3 Å². The molecule has 1 heterocycles. The fourth-order valence-electron chi connectivity index (χ4n) is 0.778. The normalized spacial score (nSPS) is 13.1. The Kier molecular flexibility index (Phi) is 3.13. The highest BCUT2D eigenvalue weighted by molar-refractivity contribution is 8.13. The third-order valence-corrected chi connectivity index (χ3v) is 3.55. The summed E-state index contributed by atoms with van der Waals surface area (Å²) in [6.45, 7) is 0. The van der Waals surface area contributed by atoms with Gasteiger partial charge in [-0.3, -0.25) is 0 Å². The van der Waals surface area contributed by atoms with E-state index >= 15 is 0 Å². The molecule has 80 valence electrons. The molecule has 0 fully saturated rings. The molecule has 1 aromatic heterocycles. The first-order valence-corrected chi connectivity index (χ1v) is 6.56. The SMILES string of the molecule is O=S(=O)(Cl)Cc1ccc(C(F)(F)F)s1. The van der Waals surface area contributed by atoms with Gasteiger partial charge in [-0.05, 0) is 12.1 Å². The Balaban J connectivity index is 2.90. The van der Waals surface area contributed by atoms with Crippen molar-refractivity contribution in [1.82, 2.24) is 0 Å². The van der Waals surface area contributed by atoms with Gasteiger partial charge in [0.1, 0.15) is 4.88 Å². The van der Waals surface area contributed by atoms with Gasteiger partial charge in [0.15, 0.2) is 0 Å². The van der Waals surface area contributed by atoms with Crippen LogP contribution in [-0.2, 0) is 21.0 Å². The van der Waals surface area contributed by atoms with Gasteiger partial charge >= 0.3 is 6.18 Å². The minimum absolute atomic E-state index is 0.0762. The van der Waals surface area contributed by atoms with Crippen LogP contribution in [0.5, 0.6) is 0 Å². The number of rotatable bonds is 2. The van der Waals surface area contributed by atoms with Crippen LogP contribution in [0.15, 0.2) is 12.1 Å². The van der Waals surface area contributed by atoms with E-state index in [2.05, 4.69) is 0 Å².